The Labute approximate surface area is 77.6 Å². The van der Waals surface area contributed by atoms with Crippen LogP contribution in [-0.4, -0.2) is 18.7 Å². The summed E-state index contributed by atoms with van der Waals surface area (Å²) in [6.07, 6.45) is 0. The first-order chi connectivity index (χ1) is 6.24. The minimum atomic E-state index is 0.0799. The van der Waals surface area contributed by atoms with Crippen LogP contribution in [0.1, 0.15) is 5.56 Å². The van der Waals surface area contributed by atoms with E-state index in [-0.39, 0.29) is 5.75 Å². The van der Waals surface area contributed by atoms with Crippen molar-refractivity contribution in [3.63, 3.8) is 0 Å². The van der Waals surface area contributed by atoms with E-state index in [0.717, 1.165) is 5.56 Å². The van der Waals surface area contributed by atoms with Crippen molar-refractivity contribution in [2.45, 2.75) is 0 Å². The van der Waals surface area contributed by atoms with Gasteiger partial charge in [0.1, 0.15) is 5.75 Å². The molecular formula is C10H12N2O. The minimum absolute atomic E-state index is 0.0799. The van der Waals surface area contributed by atoms with Crippen LogP contribution in [0.15, 0.2) is 18.2 Å². The average Bonchev–Trinajstić information content (AvgIpc) is 2.12. The molecule has 0 fully saturated rings. The number of nitrogens with one attached hydrogen (secondary N) is 1. The molecule has 0 spiro atoms. The van der Waals surface area contributed by atoms with Crippen molar-refractivity contribution < 1.29 is 5.11 Å². The van der Waals surface area contributed by atoms with Gasteiger partial charge in [0.05, 0.1) is 12.2 Å². The van der Waals surface area contributed by atoms with Crippen LogP contribution in [0.25, 0.3) is 0 Å². The fourth-order valence-electron chi connectivity index (χ4n) is 0.856. The van der Waals surface area contributed by atoms with E-state index in [4.69, 9.17) is 5.73 Å². The van der Waals surface area contributed by atoms with E-state index in [1.807, 2.05) is 7.05 Å². The monoisotopic (exact) mass is 176 g/mol. The summed E-state index contributed by atoms with van der Waals surface area (Å²) in [6, 6.07) is 4.97. The molecular weight excluding hydrogens is 164 g/mol. The van der Waals surface area contributed by atoms with Gasteiger partial charge < -0.3 is 16.2 Å². The fourth-order valence-corrected chi connectivity index (χ4v) is 0.856. The third-order valence-corrected chi connectivity index (χ3v) is 1.53. The maximum absolute atomic E-state index is 9.25. The summed E-state index contributed by atoms with van der Waals surface area (Å²) in [5.41, 5.74) is 6.57. The zero-order valence-electron chi connectivity index (χ0n) is 7.46. The molecule has 0 aliphatic heterocycles. The number of hydrogen-bond acceptors (Lipinski definition) is 3. The van der Waals surface area contributed by atoms with Gasteiger partial charge in [0.25, 0.3) is 0 Å². The molecule has 1 rings (SSSR count). The van der Waals surface area contributed by atoms with E-state index in [1.165, 1.54) is 0 Å². The maximum Gasteiger partial charge on any atom is 0.139 e. The molecule has 0 unspecified atom stereocenters. The third-order valence-electron chi connectivity index (χ3n) is 1.53. The number of rotatable bonds is 1. The molecule has 68 valence electrons. The van der Waals surface area contributed by atoms with Gasteiger partial charge in [0.15, 0.2) is 0 Å². The quantitative estimate of drug-likeness (QED) is 0.332. The number of nitrogens with two attached hydrogens (primary N) is 1. The summed E-state index contributed by atoms with van der Waals surface area (Å²) >= 11 is 0. The van der Waals surface area contributed by atoms with E-state index >= 15 is 0 Å². The van der Waals surface area contributed by atoms with Crippen LogP contribution in [0.4, 0.5) is 5.69 Å². The van der Waals surface area contributed by atoms with Gasteiger partial charge >= 0.3 is 0 Å². The van der Waals surface area contributed by atoms with Gasteiger partial charge in [-0.1, -0.05) is 11.8 Å². The second-order valence-electron chi connectivity index (χ2n) is 2.61. The van der Waals surface area contributed by atoms with Gasteiger partial charge in [-0.2, -0.15) is 0 Å². The first-order valence-electron chi connectivity index (χ1n) is 3.96. The number of hydrogen-bond donors (Lipinski definition) is 3. The lowest BCUT2D eigenvalue weighted by molar-refractivity contribution is 0.478. The standard InChI is InChI=1S/C10H12N2O/c1-12-6-2-3-8-4-5-9(11)10(13)7-8/h4-5,7,12-13H,6,11H2,1H3. The summed E-state index contributed by atoms with van der Waals surface area (Å²) in [5.74, 6) is 5.85. The van der Waals surface area contributed by atoms with Crippen molar-refractivity contribution in [3.05, 3.63) is 23.8 Å². The fraction of sp³-hybridized carbons (Fsp3) is 0.200. The highest BCUT2D eigenvalue weighted by Crippen LogP contribution is 2.19. The number of phenolic OH excluding ortho intramolecular Hbond substituents is 1. The van der Waals surface area contributed by atoms with Crippen molar-refractivity contribution in [2.24, 2.45) is 0 Å². The van der Waals surface area contributed by atoms with Crippen LogP contribution in [0.3, 0.4) is 0 Å². The van der Waals surface area contributed by atoms with Gasteiger partial charge in [-0.25, -0.2) is 0 Å². The molecule has 0 saturated carbocycles. The molecule has 0 radical (unpaired) electrons. The second kappa shape index (κ2) is 4.39. The highest BCUT2D eigenvalue weighted by molar-refractivity contribution is 5.55. The Hall–Kier alpha value is -1.66. The second-order valence-corrected chi connectivity index (χ2v) is 2.61. The predicted octanol–water partition coefficient (Wildman–Crippen LogP) is 0.545. The van der Waals surface area contributed by atoms with Crippen molar-refractivity contribution in [2.75, 3.05) is 19.3 Å². The molecule has 0 amide bonds. The first-order valence-corrected chi connectivity index (χ1v) is 3.96. The van der Waals surface area contributed by atoms with E-state index in [2.05, 4.69) is 17.2 Å². The Bertz CT molecular complexity index is 350. The smallest absolute Gasteiger partial charge is 0.139 e. The van der Waals surface area contributed by atoms with Gasteiger partial charge in [0.2, 0.25) is 0 Å². The number of anilines is 1. The predicted molar refractivity (Wildman–Crippen MR) is 53.3 cm³/mol. The zero-order chi connectivity index (χ0) is 9.68. The van der Waals surface area contributed by atoms with Gasteiger partial charge in [-0.3, -0.25) is 0 Å². The minimum Gasteiger partial charge on any atom is -0.506 e. The molecule has 3 heteroatoms. The normalized spacial score (nSPS) is 9.00. The molecule has 1 aromatic carbocycles. The molecule has 3 nitrogen and oxygen atoms in total. The van der Waals surface area contributed by atoms with Gasteiger partial charge in [0, 0.05) is 5.56 Å². The van der Waals surface area contributed by atoms with E-state index in [0.29, 0.717) is 12.2 Å². The van der Waals surface area contributed by atoms with E-state index in [1.54, 1.807) is 18.2 Å². The molecule has 0 aromatic heterocycles. The summed E-state index contributed by atoms with van der Waals surface area (Å²) in [4.78, 5) is 0. The average molecular weight is 176 g/mol. The first kappa shape index (κ1) is 9.43. The molecule has 0 saturated heterocycles. The number of aromatic hydroxyl groups is 1. The van der Waals surface area contributed by atoms with Gasteiger partial charge in [-0.15, -0.1) is 0 Å². The Morgan fingerprint density at radius 1 is 1.54 bits per heavy atom. The highest BCUT2D eigenvalue weighted by Gasteiger charge is 1.95. The van der Waals surface area contributed by atoms with E-state index < -0.39 is 0 Å². The molecule has 0 heterocycles. The number of nitrogen functional groups attached to an aromatic ring is 1. The summed E-state index contributed by atoms with van der Waals surface area (Å²) < 4.78 is 0. The highest BCUT2D eigenvalue weighted by atomic mass is 16.3. The topological polar surface area (TPSA) is 58.3 Å². The Kier molecular flexibility index (Phi) is 3.18. The van der Waals surface area contributed by atoms with Crippen LogP contribution >= 0.6 is 0 Å². The lowest BCUT2D eigenvalue weighted by Crippen LogP contribution is -2.04. The Morgan fingerprint density at radius 2 is 2.31 bits per heavy atom. The van der Waals surface area contributed by atoms with Crippen LogP contribution in [0.5, 0.6) is 5.75 Å². The maximum atomic E-state index is 9.25. The lowest BCUT2D eigenvalue weighted by atomic mass is 10.2. The Balaban J connectivity index is 2.81. The van der Waals surface area contributed by atoms with Crippen LogP contribution in [-0.2, 0) is 0 Å². The number of benzene rings is 1. The van der Waals surface area contributed by atoms with Crippen molar-refractivity contribution in [1.82, 2.24) is 5.32 Å². The zero-order valence-corrected chi connectivity index (χ0v) is 7.46. The summed E-state index contributed by atoms with van der Waals surface area (Å²) in [5, 5.41) is 12.2. The molecule has 0 bridgehead atoms. The van der Waals surface area contributed by atoms with Gasteiger partial charge in [-0.05, 0) is 25.2 Å². The van der Waals surface area contributed by atoms with Crippen LogP contribution in [0, 0.1) is 11.8 Å². The van der Waals surface area contributed by atoms with Crippen molar-refractivity contribution in [3.8, 4) is 17.6 Å². The summed E-state index contributed by atoms with van der Waals surface area (Å²) in [7, 11) is 1.83. The molecule has 0 aliphatic carbocycles. The molecule has 1 aromatic rings. The summed E-state index contributed by atoms with van der Waals surface area (Å²) in [6.45, 7) is 0.630. The molecule has 0 aliphatic rings. The Morgan fingerprint density at radius 3 is 2.92 bits per heavy atom. The lowest BCUT2D eigenvalue weighted by Gasteiger charge is -1.97. The molecule has 0 atom stereocenters. The SMILES string of the molecule is CNCC#Cc1ccc(N)c(O)c1. The molecule has 13 heavy (non-hydrogen) atoms. The van der Waals surface area contributed by atoms with Crippen LogP contribution < -0.4 is 11.1 Å². The van der Waals surface area contributed by atoms with Crippen molar-refractivity contribution >= 4 is 5.69 Å². The van der Waals surface area contributed by atoms with Crippen molar-refractivity contribution in [1.29, 1.82) is 0 Å². The van der Waals surface area contributed by atoms with Crippen LogP contribution in [0.2, 0.25) is 0 Å². The largest absolute Gasteiger partial charge is 0.506 e. The molecule has 4 N–H and O–H groups in total. The number of phenols is 1. The van der Waals surface area contributed by atoms with E-state index in [9.17, 15) is 5.11 Å². The third kappa shape index (κ3) is 2.69.